The van der Waals surface area contributed by atoms with E-state index >= 15 is 0 Å². The molecule has 0 spiro atoms. The Balaban J connectivity index is 0.000000131. The Hall–Kier alpha value is -16.6. The summed E-state index contributed by atoms with van der Waals surface area (Å²) < 4.78 is 0.893. The Labute approximate surface area is 738 Å². The number of anilines is 2. The Bertz CT molecular complexity index is 6990. The molecule has 20 rings (SSSR count). The molecule has 0 bridgehead atoms. The predicted octanol–water partition coefficient (Wildman–Crippen LogP) is 26.4. The van der Waals surface area contributed by atoms with Crippen molar-refractivity contribution in [1.29, 1.82) is 0 Å². The molecular formula is C111H78BrN13O. The lowest BCUT2D eigenvalue weighted by Gasteiger charge is -2.16. The number of carbonyl (C=O) groups is 1. The van der Waals surface area contributed by atoms with Gasteiger partial charge in [0, 0.05) is 107 Å². The molecule has 15 heteroatoms. The number of ketones is 1. The third-order valence-electron chi connectivity index (χ3n) is 21.4. The van der Waals surface area contributed by atoms with Crippen molar-refractivity contribution in [2.45, 2.75) is 6.42 Å². The van der Waals surface area contributed by atoms with E-state index < -0.39 is 0 Å². The standard InChI is InChI=1S/C46H32N4O.C38H27N5.C27H19BrN4/c51-43(33-14-4-1-5-15-33)31-38-30-37(27-28-39(38)40-20-10-11-21-41(40)42-22-12-13-29-47-42)32-23-25-36(26-24-32)46-49-44(34-16-6-2-7-17-34)48-45(50-46)35-18-8-3-9-19-35;39-34-25-30(22-23-32(34)31-15-7-8-16-33(31)35-17-9-10-24-40-35)26-18-20-29(21-19-26)38-42-36(27-11-3-1-4-12-27)41-37(43-38)28-13-5-2-6-14-28;28-23-16-15-22(17-24(23)29)18-11-13-21(14-12-18)27-31-25(19-7-3-1-4-8-19)30-26(32-27)20-9-5-2-6-10-20/h1-30H,31H2;1-25H,39H2;1-17H,29H2. The summed E-state index contributed by atoms with van der Waals surface area (Å²) in [6.45, 7) is 0. The van der Waals surface area contributed by atoms with E-state index in [1.165, 1.54) is 0 Å². The predicted molar refractivity (Wildman–Crippen MR) is 513 cm³/mol. The highest BCUT2D eigenvalue weighted by Crippen LogP contribution is 2.41. The summed E-state index contributed by atoms with van der Waals surface area (Å²) in [7, 11) is 0. The van der Waals surface area contributed by atoms with Gasteiger partial charge in [-0.3, -0.25) is 14.8 Å². The van der Waals surface area contributed by atoms with Gasteiger partial charge in [0.05, 0.1) is 11.4 Å². The van der Waals surface area contributed by atoms with Gasteiger partial charge in [0.25, 0.3) is 0 Å². The average molecular weight is 1690 g/mol. The van der Waals surface area contributed by atoms with Crippen LogP contribution in [-0.4, -0.2) is 60.6 Å². The number of nitrogen functional groups attached to an aromatic ring is 2. The molecule has 4 N–H and O–H groups in total. The molecule has 0 aliphatic heterocycles. The summed E-state index contributed by atoms with van der Waals surface area (Å²) in [6.07, 6.45) is 3.88. The van der Waals surface area contributed by atoms with Crippen molar-refractivity contribution < 1.29 is 4.79 Å². The zero-order valence-electron chi connectivity index (χ0n) is 68.1. The van der Waals surface area contributed by atoms with Crippen LogP contribution in [-0.2, 0) is 6.42 Å². The van der Waals surface area contributed by atoms with E-state index in [1.807, 2.05) is 328 Å². The zero-order valence-corrected chi connectivity index (χ0v) is 69.7. The maximum Gasteiger partial charge on any atom is 0.167 e. The lowest BCUT2D eigenvalue weighted by molar-refractivity contribution is 0.0993. The maximum atomic E-state index is 13.6. The Morgan fingerprint density at radius 3 is 0.770 bits per heavy atom. The van der Waals surface area contributed by atoms with E-state index in [0.29, 0.717) is 69.4 Å². The second kappa shape index (κ2) is 38.0. The number of halogens is 1. The molecule has 0 radical (unpaired) electrons. The number of aromatic nitrogens is 11. The van der Waals surface area contributed by atoms with Crippen LogP contribution in [0.3, 0.4) is 0 Å². The second-order valence-electron chi connectivity index (χ2n) is 29.7. The first-order valence-corrected chi connectivity index (χ1v) is 42.0. The Kier molecular flexibility index (Phi) is 24.3. The first kappa shape index (κ1) is 80.4. The van der Waals surface area contributed by atoms with Crippen LogP contribution in [0.2, 0.25) is 0 Å². The molecule has 0 saturated heterocycles. The summed E-state index contributed by atoms with van der Waals surface area (Å²) in [5.74, 6) is 5.77. The monoisotopic (exact) mass is 1690 g/mol. The zero-order chi connectivity index (χ0) is 85.3. The fourth-order valence-electron chi connectivity index (χ4n) is 15.0. The van der Waals surface area contributed by atoms with Crippen molar-refractivity contribution >= 4 is 33.1 Å². The minimum atomic E-state index is 0.0675. The molecule has 5 aromatic heterocycles. The molecule has 5 heterocycles. The molecule has 0 saturated carbocycles. The summed E-state index contributed by atoms with van der Waals surface area (Å²) in [5, 5.41) is 0. The van der Waals surface area contributed by atoms with Gasteiger partial charge in [0.1, 0.15) is 0 Å². The van der Waals surface area contributed by atoms with Crippen molar-refractivity contribution in [3.8, 4) is 181 Å². The number of benzene rings is 15. The number of hydrogen-bond donors (Lipinski definition) is 2. The molecule has 0 aliphatic rings. The van der Waals surface area contributed by atoms with Crippen molar-refractivity contribution in [3.05, 3.63) is 453 Å². The van der Waals surface area contributed by atoms with Crippen molar-refractivity contribution in [1.82, 2.24) is 54.8 Å². The molecule has 0 unspecified atom stereocenters. The molecule has 0 aliphatic carbocycles. The third-order valence-corrected chi connectivity index (χ3v) is 22.2. The molecule has 14 nitrogen and oxygen atoms in total. The molecule has 0 amide bonds. The first-order chi connectivity index (χ1) is 62.1. The quantitative estimate of drug-likeness (QED) is 0.0570. The smallest absolute Gasteiger partial charge is 0.167 e. The number of nitrogens with zero attached hydrogens (tertiary/aromatic N) is 11. The van der Waals surface area contributed by atoms with Gasteiger partial charge in [0.15, 0.2) is 58.2 Å². The van der Waals surface area contributed by atoms with Gasteiger partial charge in [-0.05, 0) is 114 Å². The van der Waals surface area contributed by atoms with Gasteiger partial charge < -0.3 is 11.5 Å². The maximum absolute atomic E-state index is 13.6. The van der Waals surface area contributed by atoms with Gasteiger partial charge in [-0.1, -0.05) is 382 Å². The van der Waals surface area contributed by atoms with E-state index in [0.717, 1.165) is 138 Å². The summed E-state index contributed by atoms with van der Waals surface area (Å²) in [4.78, 5) is 66.2. The van der Waals surface area contributed by atoms with E-state index in [-0.39, 0.29) is 12.2 Å². The number of Topliss-reactive ketones (excluding diaryl/α,β-unsaturated/α-hetero) is 1. The number of nitrogens with two attached hydrogens (primary N) is 2. The van der Waals surface area contributed by atoms with Gasteiger partial charge in [-0.2, -0.15) is 0 Å². The summed E-state index contributed by atoms with van der Waals surface area (Å²) >= 11 is 3.45. The van der Waals surface area contributed by atoms with Gasteiger partial charge in [-0.15, -0.1) is 0 Å². The van der Waals surface area contributed by atoms with E-state index in [1.54, 1.807) is 6.20 Å². The highest BCUT2D eigenvalue weighted by molar-refractivity contribution is 9.10. The number of hydrogen-bond acceptors (Lipinski definition) is 14. The van der Waals surface area contributed by atoms with Gasteiger partial charge in [0.2, 0.25) is 0 Å². The Morgan fingerprint density at radius 2 is 0.460 bits per heavy atom. The second-order valence-corrected chi connectivity index (χ2v) is 30.6. The van der Waals surface area contributed by atoms with E-state index in [4.69, 9.17) is 56.3 Å². The lowest BCUT2D eigenvalue weighted by Crippen LogP contribution is -2.05. The van der Waals surface area contributed by atoms with Crippen LogP contribution in [0.4, 0.5) is 11.4 Å². The van der Waals surface area contributed by atoms with Crippen molar-refractivity contribution in [3.63, 3.8) is 0 Å². The lowest BCUT2D eigenvalue weighted by atomic mass is 9.88. The van der Waals surface area contributed by atoms with E-state index in [2.05, 4.69) is 129 Å². The average Bonchev–Trinajstić information content (AvgIpc) is 0.776. The van der Waals surface area contributed by atoms with Gasteiger partial charge in [-0.25, -0.2) is 44.9 Å². The summed E-state index contributed by atoms with van der Waals surface area (Å²) in [5.41, 5.74) is 38.4. The van der Waals surface area contributed by atoms with Crippen LogP contribution in [0.25, 0.3) is 181 Å². The van der Waals surface area contributed by atoms with Crippen LogP contribution >= 0.6 is 15.9 Å². The van der Waals surface area contributed by atoms with Crippen molar-refractivity contribution in [2.75, 3.05) is 11.5 Å². The van der Waals surface area contributed by atoms with Crippen LogP contribution in [0.15, 0.2) is 442 Å². The molecule has 15 aromatic carbocycles. The number of pyridine rings is 2. The SMILES string of the molecule is Nc1cc(-c2ccc(-c3nc(-c4ccccc4)nc(-c4ccccc4)n3)cc2)ccc1-c1ccccc1-c1ccccn1.Nc1cc(-c2ccc(-c3nc(-c4ccccc4)nc(-c4ccccc4)n3)cc2)ccc1Br.O=C(Cc1cc(-c2ccc(-c3nc(-c4ccccc4)nc(-c4ccccc4)n3)cc2)ccc1-c1ccccc1-c1ccccn1)c1ccccc1. The minimum absolute atomic E-state index is 0.0675. The molecule has 0 atom stereocenters. The molecule has 0 fully saturated rings. The molecule has 20 aromatic rings. The highest BCUT2D eigenvalue weighted by Gasteiger charge is 2.21. The topological polar surface area (TPSA) is 211 Å². The third kappa shape index (κ3) is 18.8. The van der Waals surface area contributed by atoms with Crippen LogP contribution in [0.5, 0.6) is 0 Å². The Morgan fingerprint density at radius 1 is 0.214 bits per heavy atom. The molecule has 126 heavy (non-hydrogen) atoms. The van der Waals surface area contributed by atoms with Gasteiger partial charge >= 0.3 is 0 Å². The highest BCUT2D eigenvalue weighted by atomic mass is 79.9. The van der Waals surface area contributed by atoms with Crippen LogP contribution in [0.1, 0.15) is 15.9 Å². The van der Waals surface area contributed by atoms with Crippen LogP contribution < -0.4 is 11.5 Å². The van der Waals surface area contributed by atoms with Crippen molar-refractivity contribution in [2.24, 2.45) is 0 Å². The fraction of sp³-hybridized carbons (Fsp3) is 0.00901. The first-order valence-electron chi connectivity index (χ1n) is 41.2. The fourth-order valence-corrected chi connectivity index (χ4v) is 15.2. The van der Waals surface area contributed by atoms with E-state index in [9.17, 15) is 4.79 Å². The molecule has 600 valence electrons. The number of carbonyl (C=O) groups excluding carboxylic acids is 1. The normalized spacial score (nSPS) is 10.9. The molecular weight excluding hydrogens is 1610 g/mol. The number of rotatable bonds is 19. The summed E-state index contributed by atoms with van der Waals surface area (Å²) in [6, 6.07) is 141. The van der Waals surface area contributed by atoms with Crippen LogP contribution in [0, 0.1) is 0 Å². The largest absolute Gasteiger partial charge is 0.398 e. The minimum Gasteiger partial charge on any atom is -0.398 e.